The Morgan fingerprint density at radius 3 is 2.76 bits per heavy atom. The van der Waals surface area contributed by atoms with Gasteiger partial charge in [0.2, 0.25) is 5.91 Å². The summed E-state index contributed by atoms with van der Waals surface area (Å²) in [4.78, 5) is 22.8. The molecule has 25 heavy (non-hydrogen) atoms. The van der Waals surface area contributed by atoms with E-state index in [0.29, 0.717) is 25.7 Å². The number of unbranched alkanes of at least 4 members (excludes halogenated alkanes) is 3. The molecule has 1 aliphatic carbocycles. The van der Waals surface area contributed by atoms with Crippen molar-refractivity contribution in [1.29, 1.82) is 0 Å². The summed E-state index contributed by atoms with van der Waals surface area (Å²) >= 11 is 0. The van der Waals surface area contributed by atoms with Crippen molar-refractivity contribution >= 4 is 11.7 Å². The molecule has 142 valence electrons. The Labute approximate surface area is 151 Å². The van der Waals surface area contributed by atoms with Crippen LogP contribution in [0.3, 0.4) is 0 Å². The van der Waals surface area contributed by atoms with Crippen LogP contribution in [0, 0.1) is 11.8 Å². The summed E-state index contributed by atoms with van der Waals surface area (Å²) in [5.41, 5.74) is 5.09. The van der Waals surface area contributed by atoms with Gasteiger partial charge in [0.1, 0.15) is 5.78 Å². The Hall–Kier alpha value is -1.46. The van der Waals surface area contributed by atoms with Crippen molar-refractivity contribution in [2.45, 2.75) is 76.9 Å². The minimum Gasteiger partial charge on any atom is -0.392 e. The van der Waals surface area contributed by atoms with E-state index < -0.39 is 12.2 Å². The topological polar surface area (TPSA) is 101 Å². The van der Waals surface area contributed by atoms with Crippen LogP contribution in [0.25, 0.3) is 0 Å². The number of rotatable bonds is 12. The van der Waals surface area contributed by atoms with Crippen molar-refractivity contribution < 1.29 is 19.8 Å². The van der Waals surface area contributed by atoms with Gasteiger partial charge >= 0.3 is 0 Å². The van der Waals surface area contributed by atoms with Gasteiger partial charge in [-0.3, -0.25) is 9.59 Å². The molecule has 1 amide bonds. The number of Topliss-reactive ketones (excluding diaryl/α,β-unsaturated/α-hetero) is 1. The van der Waals surface area contributed by atoms with E-state index in [1.807, 2.05) is 18.2 Å². The van der Waals surface area contributed by atoms with Crippen LogP contribution < -0.4 is 5.73 Å². The van der Waals surface area contributed by atoms with E-state index in [9.17, 15) is 19.8 Å². The summed E-state index contributed by atoms with van der Waals surface area (Å²) in [6, 6.07) is 0. The number of hydrogen-bond donors (Lipinski definition) is 3. The van der Waals surface area contributed by atoms with Crippen LogP contribution in [0.4, 0.5) is 0 Å². The van der Waals surface area contributed by atoms with Crippen molar-refractivity contribution in [3.63, 3.8) is 0 Å². The Morgan fingerprint density at radius 2 is 2.08 bits per heavy atom. The van der Waals surface area contributed by atoms with Gasteiger partial charge in [-0.25, -0.2) is 0 Å². The number of aliphatic hydroxyl groups excluding tert-OH is 2. The van der Waals surface area contributed by atoms with Crippen molar-refractivity contribution in [3.8, 4) is 0 Å². The lowest BCUT2D eigenvalue weighted by Crippen LogP contribution is -2.18. The van der Waals surface area contributed by atoms with Gasteiger partial charge in [0.25, 0.3) is 0 Å². The Morgan fingerprint density at radius 1 is 1.32 bits per heavy atom. The second kappa shape index (κ2) is 12.0. The average Bonchev–Trinajstić information content (AvgIpc) is 2.82. The molecular formula is C20H33NO4. The molecule has 0 unspecified atom stereocenters. The molecule has 5 nitrogen and oxygen atoms in total. The zero-order chi connectivity index (χ0) is 18.7. The average molecular weight is 351 g/mol. The fourth-order valence-corrected chi connectivity index (χ4v) is 3.24. The number of ketones is 1. The summed E-state index contributed by atoms with van der Waals surface area (Å²) in [6.07, 6.45) is 12.8. The predicted octanol–water partition coefficient (Wildman–Crippen LogP) is 2.65. The maximum absolute atomic E-state index is 12.1. The van der Waals surface area contributed by atoms with E-state index in [4.69, 9.17) is 5.73 Å². The molecule has 5 heteroatoms. The van der Waals surface area contributed by atoms with Gasteiger partial charge in [0.15, 0.2) is 0 Å². The van der Waals surface area contributed by atoms with Crippen molar-refractivity contribution in [2.24, 2.45) is 17.6 Å². The van der Waals surface area contributed by atoms with Crippen LogP contribution in [0.5, 0.6) is 0 Å². The third-order valence-corrected chi connectivity index (χ3v) is 4.74. The monoisotopic (exact) mass is 351 g/mol. The Kier molecular flexibility index (Phi) is 10.3. The van der Waals surface area contributed by atoms with Gasteiger partial charge in [-0.1, -0.05) is 50.5 Å². The molecule has 0 bridgehead atoms. The molecule has 0 radical (unpaired) electrons. The zero-order valence-corrected chi connectivity index (χ0v) is 15.3. The second-order valence-electron chi connectivity index (χ2n) is 6.94. The van der Waals surface area contributed by atoms with Gasteiger partial charge in [-0.05, 0) is 25.7 Å². The van der Waals surface area contributed by atoms with Crippen LogP contribution in [-0.2, 0) is 9.59 Å². The third kappa shape index (κ3) is 8.45. The quantitative estimate of drug-likeness (QED) is 0.372. The lowest BCUT2D eigenvalue weighted by molar-refractivity contribution is -0.121. The summed E-state index contributed by atoms with van der Waals surface area (Å²) in [6.45, 7) is 2.12. The lowest BCUT2D eigenvalue weighted by Gasteiger charge is -2.16. The zero-order valence-electron chi connectivity index (χ0n) is 15.3. The molecule has 1 saturated carbocycles. The van der Waals surface area contributed by atoms with Crippen LogP contribution >= 0.6 is 0 Å². The fourth-order valence-electron chi connectivity index (χ4n) is 3.24. The number of hydrogen-bond acceptors (Lipinski definition) is 4. The number of aliphatic hydroxyl groups is 2. The maximum atomic E-state index is 12.1. The van der Waals surface area contributed by atoms with Crippen molar-refractivity contribution in [2.75, 3.05) is 0 Å². The minimum atomic E-state index is -0.667. The standard InChI is InChI=1S/C20H33NO4/c1-2-3-6-9-15(22)12-13-17-16(18(23)14-19(17)24)10-7-4-5-8-11-20(21)25/h4,7,12-13,15-17,19,22,24H,2-3,5-6,8-11,14H2,1H3,(H2,21,25)/b7-4-,13-12+/t15-,16+,17+,19+/m0/s1. The number of nitrogens with two attached hydrogens (primary N) is 1. The van der Waals surface area contributed by atoms with E-state index in [-0.39, 0.29) is 29.9 Å². The molecule has 0 aliphatic heterocycles. The second-order valence-corrected chi connectivity index (χ2v) is 6.94. The smallest absolute Gasteiger partial charge is 0.217 e. The molecule has 1 aliphatic rings. The first-order chi connectivity index (χ1) is 12.0. The van der Waals surface area contributed by atoms with Gasteiger partial charge in [0.05, 0.1) is 12.2 Å². The highest BCUT2D eigenvalue weighted by Crippen LogP contribution is 2.33. The van der Waals surface area contributed by atoms with E-state index in [1.165, 1.54) is 0 Å². The molecule has 4 atom stereocenters. The van der Waals surface area contributed by atoms with E-state index in [1.54, 1.807) is 6.08 Å². The van der Waals surface area contributed by atoms with Crippen molar-refractivity contribution in [3.05, 3.63) is 24.3 Å². The van der Waals surface area contributed by atoms with Gasteiger partial charge in [-0.15, -0.1) is 0 Å². The van der Waals surface area contributed by atoms with Crippen LogP contribution in [0.1, 0.15) is 64.7 Å². The highest BCUT2D eigenvalue weighted by atomic mass is 16.3. The number of carbonyl (C=O) groups is 2. The van der Waals surface area contributed by atoms with Gasteiger partial charge < -0.3 is 15.9 Å². The molecule has 0 aromatic heterocycles. The van der Waals surface area contributed by atoms with E-state index in [2.05, 4.69) is 6.92 Å². The van der Waals surface area contributed by atoms with Crippen LogP contribution in [-0.4, -0.2) is 34.1 Å². The summed E-state index contributed by atoms with van der Waals surface area (Å²) in [5, 5.41) is 20.1. The number of carbonyl (C=O) groups excluding carboxylic acids is 2. The molecule has 1 fully saturated rings. The first-order valence-corrected chi connectivity index (χ1v) is 9.46. The summed E-state index contributed by atoms with van der Waals surface area (Å²) in [5.74, 6) is -0.695. The largest absolute Gasteiger partial charge is 0.392 e. The van der Waals surface area contributed by atoms with Crippen LogP contribution in [0.15, 0.2) is 24.3 Å². The first-order valence-electron chi connectivity index (χ1n) is 9.46. The maximum Gasteiger partial charge on any atom is 0.217 e. The highest BCUT2D eigenvalue weighted by molar-refractivity contribution is 5.84. The number of primary amides is 1. The Balaban J connectivity index is 2.48. The summed E-state index contributed by atoms with van der Waals surface area (Å²) < 4.78 is 0. The Bertz CT molecular complexity index is 472. The highest BCUT2D eigenvalue weighted by Gasteiger charge is 2.39. The molecule has 1 rings (SSSR count). The van der Waals surface area contributed by atoms with E-state index >= 15 is 0 Å². The first kappa shape index (κ1) is 21.6. The molecule has 0 heterocycles. The number of allylic oxidation sites excluding steroid dienone is 2. The third-order valence-electron chi connectivity index (χ3n) is 4.74. The van der Waals surface area contributed by atoms with Gasteiger partial charge in [-0.2, -0.15) is 0 Å². The lowest BCUT2D eigenvalue weighted by atomic mass is 9.90. The number of amides is 1. The molecule has 0 spiro atoms. The molecular weight excluding hydrogens is 318 g/mol. The predicted molar refractivity (Wildman–Crippen MR) is 98.7 cm³/mol. The molecule has 4 N–H and O–H groups in total. The molecule has 0 aromatic rings. The summed E-state index contributed by atoms with van der Waals surface area (Å²) in [7, 11) is 0. The fraction of sp³-hybridized carbons (Fsp3) is 0.700. The molecule has 0 saturated heterocycles. The van der Waals surface area contributed by atoms with Crippen molar-refractivity contribution in [1.82, 2.24) is 0 Å². The molecule has 0 aromatic carbocycles. The van der Waals surface area contributed by atoms with E-state index in [0.717, 1.165) is 25.7 Å². The van der Waals surface area contributed by atoms with Gasteiger partial charge in [0, 0.05) is 24.7 Å². The SMILES string of the molecule is CCCCC[C@H](O)/C=C/[C@H]1[C@H](O)CC(=O)[C@@H]1C/C=C\CCCC(N)=O. The van der Waals surface area contributed by atoms with Crippen LogP contribution in [0.2, 0.25) is 0 Å². The minimum absolute atomic E-state index is 0.0735. The normalized spacial score (nSPS) is 25.2.